The van der Waals surface area contributed by atoms with Crippen LogP contribution in [0, 0.1) is 5.92 Å². The lowest BCUT2D eigenvalue weighted by Gasteiger charge is -2.39. The van der Waals surface area contributed by atoms with E-state index in [1.807, 2.05) is 24.3 Å². The standard InChI is InChI=1S/C16H22O4/c1-18-14-4-2-3-12(9-14)15(17)13-5-7-20-16(10-13)6-8-19-11-16/h2-4,9,13,15,17H,5-8,10-11H2,1H3. The summed E-state index contributed by atoms with van der Waals surface area (Å²) in [6.45, 7) is 2.13. The molecule has 0 aromatic heterocycles. The van der Waals surface area contributed by atoms with Gasteiger partial charge in [0.1, 0.15) is 5.75 Å². The Morgan fingerprint density at radius 3 is 3.05 bits per heavy atom. The molecule has 1 aromatic carbocycles. The zero-order valence-corrected chi connectivity index (χ0v) is 11.9. The van der Waals surface area contributed by atoms with E-state index in [-0.39, 0.29) is 11.5 Å². The van der Waals surface area contributed by atoms with Crippen molar-refractivity contribution in [3.05, 3.63) is 29.8 Å². The van der Waals surface area contributed by atoms with Gasteiger partial charge >= 0.3 is 0 Å². The van der Waals surface area contributed by atoms with E-state index in [4.69, 9.17) is 14.2 Å². The summed E-state index contributed by atoms with van der Waals surface area (Å²) in [6, 6.07) is 7.69. The highest BCUT2D eigenvalue weighted by Gasteiger charge is 2.42. The van der Waals surface area contributed by atoms with Crippen LogP contribution in [0.4, 0.5) is 0 Å². The molecule has 2 aliphatic rings. The summed E-state index contributed by atoms with van der Waals surface area (Å²) in [5, 5.41) is 10.7. The van der Waals surface area contributed by atoms with Gasteiger partial charge in [-0.3, -0.25) is 0 Å². The number of hydrogen-bond acceptors (Lipinski definition) is 4. The van der Waals surface area contributed by atoms with E-state index in [0.717, 1.165) is 37.2 Å². The average molecular weight is 278 g/mol. The molecule has 4 heteroatoms. The predicted molar refractivity (Wildman–Crippen MR) is 74.8 cm³/mol. The van der Waals surface area contributed by atoms with Crippen molar-refractivity contribution in [3.63, 3.8) is 0 Å². The fourth-order valence-corrected chi connectivity index (χ4v) is 3.30. The lowest BCUT2D eigenvalue weighted by molar-refractivity contribution is -0.117. The second-order valence-electron chi connectivity index (χ2n) is 5.81. The molecule has 0 radical (unpaired) electrons. The molecule has 2 aliphatic heterocycles. The fourth-order valence-electron chi connectivity index (χ4n) is 3.30. The monoisotopic (exact) mass is 278 g/mol. The van der Waals surface area contributed by atoms with Crippen LogP contribution in [-0.4, -0.2) is 37.6 Å². The molecule has 2 heterocycles. The zero-order valence-electron chi connectivity index (χ0n) is 11.9. The highest BCUT2D eigenvalue weighted by molar-refractivity contribution is 5.30. The Hall–Kier alpha value is -1.10. The first-order valence-corrected chi connectivity index (χ1v) is 7.26. The number of hydrogen-bond donors (Lipinski definition) is 1. The number of methoxy groups -OCH3 is 1. The maximum Gasteiger partial charge on any atom is 0.119 e. The Morgan fingerprint density at radius 2 is 2.30 bits per heavy atom. The summed E-state index contributed by atoms with van der Waals surface area (Å²) in [5.41, 5.74) is 0.758. The topological polar surface area (TPSA) is 47.9 Å². The Balaban J connectivity index is 1.74. The molecular weight excluding hydrogens is 256 g/mol. The zero-order chi connectivity index (χ0) is 14.0. The van der Waals surface area contributed by atoms with Gasteiger partial charge in [0.15, 0.2) is 0 Å². The highest BCUT2D eigenvalue weighted by atomic mass is 16.6. The van der Waals surface area contributed by atoms with Gasteiger partial charge in [-0.05, 0) is 36.5 Å². The van der Waals surface area contributed by atoms with Crippen molar-refractivity contribution >= 4 is 0 Å². The quantitative estimate of drug-likeness (QED) is 0.921. The minimum Gasteiger partial charge on any atom is -0.497 e. The summed E-state index contributed by atoms with van der Waals surface area (Å²) < 4.78 is 16.6. The molecule has 2 fully saturated rings. The van der Waals surface area contributed by atoms with Crippen LogP contribution in [0.1, 0.15) is 30.9 Å². The number of benzene rings is 1. The molecule has 3 unspecified atom stereocenters. The average Bonchev–Trinajstić information content (AvgIpc) is 2.94. The van der Waals surface area contributed by atoms with Gasteiger partial charge < -0.3 is 19.3 Å². The van der Waals surface area contributed by atoms with Crippen molar-refractivity contribution in [1.82, 2.24) is 0 Å². The van der Waals surface area contributed by atoms with Crippen molar-refractivity contribution in [1.29, 1.82) is 0 Å². The lowest BCUT2D eigenvalue weighted by Crippen LogP contribution is -2.41. The van der Waals surface area contributed by atoms with E-state index in [2.05, 4.69) is 0 Å². The minimum absolute atomic E-state index is 0.164. The summed E-state index contributed by atoms with van der Waals surface area (Å²) >= 11 is 0. The first-order valence-electron chi connectivity index (χ1n) is 7.26. The molecule has 0 amide bonds. The molecule has 3 atom stereocenters. The third kappa shape index (κ3) is 2.68. The number of aliphatic hydroxyl groups excluding tert-OH is 1. The Bertz CT molecular complexity index is 454. The van der Waals surface area contributed by atoms with Gasteiger partial charge in [0.05, 0.1) is 25.4 Å². The highest BCUT2D eigenvalue weighted by Crippen LogP contribution is 2.41. The van der Waals surface area contributed by atoms with E-state index >= 15 is 0 Å². The van der Waals surface area contributed by atoms with Crippen molar-refractivity contribution in [2.45, 2.75) is 31.0 Å². The van der Waals surface area contributed by atoms with Crippen LogP contribution in [0.25, 0.3) is 0 Å². The van der Waals surface area contributed by atoms with Gasteiger partial charge in [0, 0.05) is 19.6 Å². The summed E-state index contributed by atoms with van der Waals surface area (Å²) in [5.74, 6) is 1.00. The molecule has 3 rings (SSSR count). The molecule has 2 saturated heterocycles. The molecule has 110 valence electrons. The molecule has 0 bridgehead atoms. The van der Waals surface area contributed by atoms with Gasteiger partial charge in [-0.25, -0.2) is 0 Å². The van der Waals surface area contributed by atoms with Gasteiger partial charge in [-0.1, -0.05) is 12.1 Å². The van der Waals surface area contributed by atoms with Crippen LogP contribution in [0.15, 0.2) is 24.3 Å². The lowest BCUT2D eigenvalue weighted by atomic mass is 9.80. The summed E-state index contributed by atoms with van der Waals surface area (Å²) in [7, 11) is 1.64. The van der Waals surface area contributed by atoms with Crippen LogP contribution in [0.3, 0.4) is 0 Å². The van der Waals surface area contributed by atoms with Crippen molar-refractivity contribution in [2.24, 2.45) is 5.92 Å². The van der Waals surface area contributed by atoms with Gasteiger partial charge in [-0.2, -0.15) is 0 Å². The Labute approximate surface area is 119 Å². The van der Waals surface area contributed by atoms with Gasteiger partial charge in [-0.15, -0.1) is 0 Å². The van der Waals surface area contributed by atoms with E-state index in [1.165, 1.54) is 0 Å². The first kappa shape index (κ1) is 13.9. The third-order valence-electron chi connectivity index (χ3n) is 4.48. The molecule has 1 aromatic rings. The van der Waals surface area contributed by atoms with Gasteiger partial charge in [0.2, 0.25) is 0 Å². The normalized spacial score (nSPS) is 31.4. The minimum atomic E-state index is -0.466. The van der Waals surface area contributed by atoms with Crippen LogP contribution in [0.2, 0.25) is 0 Å². The van der Waals surface area contributed by atoms with E-state index in [1.54, 1.807) is 7.11 Å². The second-order valence-corrected chi connectivity index (χ2v) is 5.81. The summed E-state index contributed by atoms with van der Waals surface area (Å²) in [4.78, 5) is 0. The van der Waals surface area contributed by atoms with Gasteiger partial charge in [0.25, 0.3) is 0 Å². The van der Waals surface area contributed by atoms with E-state index < -0.39 is 6.10 Å². The summed E-state index contributed by atoms with van der Waals surface area (Å²) in [6.07, 6.45) is 2.23. The van der Waals surface area contributed by atoms with Crippen LogP contribution < -0.4 is 4.74 Å². The molecule has 1 N–H and O–H groups in total. The van der Waals surface area contributed by atoms with Crippen molar-refractivity contribution in [2.75, 3.05) is 26.9 Å². The third-order valence-corrected chi connectivity index (χ3v) is 4.48. The van der Waals surface area contributed by atoms with Crippen molar-refractivity contribution in [3.8, 4) is 5.75 Å². The second kappa shape index (κ2) is 5.72. The number of aliphatic hydroxyl groups is 1. The number of ether oxygens (including phenoxy) is 3. The first-order chi connectivity index (χ1) is 9.72. The van der Waals surface area contributed by atoms with Crippen LogP contribution >= 0.6 is 0 Å². The molecular formula is C16H22O4. The smallest absolute Gasteiger partial charge is 0.119 e. The maximum absolute atomic E-state index is 10.7. The molecule has 1 spiro atoms. The van der Waals surface area contributed by atoms with Crippen LogP contribution in [0.5, 0.6) is 5.75 Å². The predicted octanol–water partition coefficient (Wildman–Crippen LogP) is 2.31. The maximum atomic E-state index is 10.7. The molecule has 0 saturated carbocycles. The van der Waals surface area contributed by atoms with Crippen molar-refractivity contribution < 1.29 is 19.3 Å². The van der Waals surface area contributed by atoms with Crippen LogP contribution in [-0.2, 0) is 9.47 Å². The molecule has 4 nitrogen and oxygen atoms in total. The molecule has 0 aliphatic carbocycles. The largest absolute Gasteiger partial charge is 0.497 e. The van der Waals surface area contributed by atoms with E-state index in [9.17, 15) is 5.11 Å². The van der Waals surface area contributed by atoms with E-state index in [0.29, 0.717) is 13.2 Å². The Morgan fingerprint density at radius 1 is 1.40 bits per heavy atom. The number of rotatable bonds is 3. The molecule has 20 heavy (non-hydrogen) atoms. The Kier molecular flexibility index (Phi) is 3.96. The fraction of sp³-hybridized carbons (Fsp3) is 0.625. The SMILES string of the molecule is COc1cccc(C(O)C2CCOC3(CCOC3)C2)c1.